The van der Waals surface area contributed by atoms with E-state index in [1.165, 1.54) is 50.3 Å². The number of rotatable bonds is 9. The minimum absolute atomic E-state index is 1.03. The fourth-order valence-corrected chi connectivity index (χ4v) is 2.93. The average Bonchev–Trinajstić information content (AvgIpc) is 2.49. The van der Waals surface area contributed by atoms with E-state index in [-0.39, 0.29) is 0 Å². The van der Waals surface area contributed by atoms with E-state index in [4.69, 9.17) is 0 Å². The number of hydrogen-bond acceptors (Lipinski definition) is 2. The van der Waals surface area contributed by atoms with Crippen molar-refractivity contribution in [2.75, 3.05) is 11.9 Å². The molecule has 0 unspecified atom stereocenters. The zero-order valence-electron chi connectivity index (χ0n) is 12.9. The molecular weight excluding hydrogens is 324 g/mol. The summed E-state index contributed by atoms with van der Waals surface area (Å²) in [5, 5.41) is 4.71. The lowest BCUT2D eigenvalue weighted by Crippen LogP contribution is -2.02. The van der Waals surface area contributed by atoms with Gasteiger partial charge in [-0.15, -0.1) is 0 Å². The minimum Gasteiger partial charge on any atom is -0.383 e. The van der Waals surface area contributed by atoms with E-state index < -0.39 is 0 Å². The molecule has 2 rings (SSSR count). The highest BCUT2D eigenvalue weighted by Gasteiger charge is 2.02. The normalized spacial score (nSPS) is 11.0. The molecule has 0 saturated carbocycles. The molecule has 0 fully saturated rings. The first-order chi connectivity index (χ1) is 10.3. The van der Waals surface area contributed by atoms with Crippen LogP contribution in [0.5, 0.6) is 0 Å². The maximum absolute atomic E-state index is 4.52. The molecule has 1 heterocycles. The van der Waals surface area contributed by atoms with Gasteiger partial charge in [0.1, 0.15) is 0 Å². The summed E-state index contributed by atoms with van der Waals surface area (Å²) in [6.45, 7) is 3.30. The third-order valence-corrected chi connectivity index (χ3v) is 4.21. The van der Waals surface area contributed by atoms with E-state index in [1.807, 2.05) is 6.20 Å². The van der Waals surface area contributed by atoms with Crippen LogP contribution in [-0.4, -0.2) is 11.5 Å². The highest BCUT2D eigenvalue weighted by molar-refractivity contribution is 9.10. The summed E-state index contributed by atoms with van der Waals surface area (Å²) < 4.78 is 1.03. The summed E-state index contributed by atoms with van der Waals surface area (Å²) in [6, 6.07) is 8.42. The third-order valence-electron chi connectivity index (χ3n) is 3.77. The van der Waals surface area contributed by atoms with Crippen LogP contribution in [0.3, 0.4) is 0 Å². The number of pyridine rings is 1. The van der Waals surface area contributed by atoms with Gasteiger partial charge in [-0.05, 0) is 34.5 Å². The van der Waals surface area contributed by atoms with Gasteiger partial charge in [-0.3, -0.25) is 4.98 Å². The van der Waals surface area contributed by atoms with Crippen molar-refractivity contribution in [1.29, 1.82) is 0 Å². The predicted octanol–water partition coefficient (Wildman–Crippen LogP) is 6.16. The largest absolute Gasteiger partial charge is 0.383 e. The van der Waals surface area contributed by atoms with E-state index in [1.54, 1.807) is 0 Å². The summed E-state index contributed by atoms with van der Waals surface area (Å²) in [4.78, 5) is 4.52. The van der Waals surface area contributed by atoms with Crippen LogP contribution in [0.4, 0.5) is 5.69 Å². The first-order valence-electron chi connectivity index (χ1n) is 8.09. The van der Waals surface area contributed by atoms with E-state index in [2.05, 4.69) is 57.4 Å². The van der Waals surface area contributed by atoms with Crippen LogP contribution in [0.15, 0.2) is 34.9 Å². The Labute approximate surface area is 136 Å². The first kappa shape index (κ1) is 16.3. The molecule has 0 amide bonds. The summed E-state index contributed by atoms with van der Waals surface area (Å²) in [7, 11) is 0. The molecule has 0 aliphatic carbocycles. The van der Waals surface area contributed by atoms with Gasteiger partial charge in [-0.1, -0.05) is 57.6 Å². The molecule has 0 saturated heterocycles. The summed E-state index contributed by atoms with van der Waals surface area (Å²) >= 11 is 3.47. The maximum Gasteiger partial charge on any atom is 0.0934 e. The molecule has 21 heavy (non-hydrogen) atoms. The Kier molecular flexibility index (Phi) is 7.01. The quantitative estimate of drug-likeness (QED) is 0.548. The number of benzene rings is 1. The zero-order valence-corrected chi connectivity index (χ0v) is 14.5. The second-order valence-electron chi connectivity index (χ2n) is 5.58. The molecule has 0 aliphatic heterocycles. The van der Waals surface area contributed by atoms with Gasteiger partial charge >= 0.3 is 0 Å². The van der Waals surface area contributed by atoms with E-state index >= 15 is 0 Å². The van der Waals surface area contributed by atoms with Gasteiger partial charge in [0, 0.05) is 22.6 Å². The number of anilines is 1. The van der Waals surface area contributed by atoms with Crippen LogP contribution in [0, 0.1) is 0 Å². The number of halogens is 1. The smallest absolute Gasteiger partial charge is 0.0934 e. The van der Waals surface area contributed by atoms with Crippen molar-refractivity contribution < 1.29 is 0 Å². The molecule has 3 heteroatoms. The summed E-state index contributed by atoms with van der Waals surface area (Å²) in [6.07, 6.45) is 11.3. The monoisotopic (exact) mass is 348 g/mol. The van der Waals surface area contributed by atoms with Gasteiger partial charge < -0.3 is 5.32 Å². The van der Waals surface area contributed by atoms with Crippen molar-refractivity contribution in [2.24, 2.45) is 0 Å². The molecule has 0 atom stereocenters. The van der Waals surface area contributed by atoms with Crippen molar-refractivity contribution in [2.45, 2.75) is 51.9 Å². The van der Waals surface area contributed by atoms with Gasteiger partial charge in [0.05, 0.1) is 11.2 Å². The number of nitrogens with zero attached hydrogens (tertiary/aromatic N) is 1. The SMILES string of the molecule is CCCCCCCCCNc1cccc2cc(Br)cnc12. The molecule has 2 aromatic rings. The van der Waals surface area contributed by atoms with E-state index in [9.17, 15) is 0 Å². The second-order valence-corrected chi connectivity index (χ2v) is 6.49. The van der Waals surface area contributed by atoms with E-state index in [0.717, 1.165) is 22.2 Å². The van der Waals surface area contributed by atoms with Crippen molar-refractivity contribution in [3.63, 3.8) is 0 Å². The highest BCUT2D eigenvalue weighted by Crippen LogP contribution is 2.23. The van der Waals surface area contributed by atoms with Crippen LogP contribution >= 0.6 is 15.9 Å². The fourth-order valence-electron chi connectivity index (χ4n) is 2.58. The average molecular weight is 349 g/mol. The lowest BCUT2D eigenvalue weighted by Gasteiger charge is -2.09. The fraction of sp³-hybridized carbons (Fsp3) is 0.500. The van der Waals surface area contributed by atoms with Crippen molar-refractivity contribution in [3.05, 3.63) is 34.9 Å². The molecule has 0 spiro atoms. The van der Waals surface area contributed by atoms with Gasteiger partial charge in [-0.25, -0.2) is 0 Å². The lowest BCUT2D eigenvalue weighted by atomic mass is 10.1. The van der Waals surface area contributed by atoms with Gasteiger partial charge in [0.15, 0.2) is 0 Å². The van der Waals surface area contributed by atoms with Crippen LogP contribution in [0.1, 0.15) is 51.9 Å². The Morgan fingerprint density at radius 3 is 2.62 bits per heavy atom. The topological polar surface area (TPSA) is 24.9 Å². The third kappa shape index (κ3) is 5.31. The Balaban J connectivity index is 1.76. The Hall–Kier alpha value is -1.09. The van der Waals surface area contributed by atoms with E-state index in [0.29, 0.717) is 0 Å². The Bertz CT molecular complexity index is 554. The molecule has 0 aliphatic rings. The number of nitrogens with one attached hydrogen (secondary N) is 1. The summed E-state index contributed by atoms with van der Waals surface area (Å²) in [5.74, 6) is 0. The number of aromatic nitrogens is 1. The van der Waals surface area contributed by atoms with Crippen molar-refractivity contribution in [1.82, 2.24) is 4.98 Å². The van der Waals surface area contributed by atoms with Gasteiger partial charge in [0.25, 0.3) is 0 Å². The first-order valence-corrected chi connectivity index (χ1v) is 8.88. The van der Waals surface area contributed by atoms with Crippen LogP contribution in [0.2, 0.25) is 0 Å². The number of fused-ring (bicyclic) bond motifs is 1. The lowest BCUT2D eigenvalue weighted by molar-refractivity contribution is 0.596. The highest BCUT2D eigenvalue weighted by atomic mass is 79.9. The van der Waals surface area contributed by atoms with Crippen molar-refractivity contribution >= 4 is 32.5 Å². The molecule has 2 nitrogen and oxygen atoms in total. The minimum atomic E-state index is 1.03. The predicted molar refractivity (Wildman–Crippen MR) is 95.9 cm³/mol. The molecule has 114 valence electrons. The maximum atomic E-state index is 4.52. The molecule has 1 aromatic heterocycles. The number of para-hydroxylation sites is 1. The standard InChI is InChI=1S/C18H25BrN2/c1-2-3-4-5-6-7-8-12-20-17-11-9-10-15-13-16(19)14-21-18(15)17/h9-11,13-14,20H,2-8,12H2,1H3. The Morgan fingerprint density at radius 1 is 1.05 bits per heavy atom. The molecule has 0 bridgehead atoms. The second kappa shape index (κ2) is 9.04. The molecular formula is C18H25BrN2. The molecule has 1 N–H and O–H groups in total. The van der Waals surface area contributed by atoms with Gasteiger partial charge in [0.2, 0.25) is 0 Å². The van der Waals surface area contributed by atoms with Crippen LogP contribution < -0.4 is 5.32 Å². The van der Waals surface area contributed by atoms with Crippen LogP contribution in [0.25, 0.3) is 10.9 Å². The zero-order chi connectivity index (χ0) is 14.9. The van der Waals surface area contributed by atoms with Gasteiger partial charge in [-0.2, -0.15) is 0 Å². The number of unbranched alkanes of at least 4 members (excludes halogenated alkanes) is 6. The van der Waals surface area contributed by atoms with Crippen molar-refractivity contribution in [3.8, 4) is 0 Å². The summed E-state index contributed by atoms with van der Waals surface area (Å²) in [5.41, 5.74) is 2.20. The van der Waals surface area contributed by atoms with Crippen LogP contribution in [-0.2, 0) is 0 Å². The molecule has 1 aromatic carbocycles. The molecule has 0 radical (unpaired) electrons. The number of hydrogen-bond donors (Lipinski definition) is 1. The Morgan fingerprint density at radius 2 is 1.81 bits per heavy atom.